The lowest BCUT2D eigenvalue weighted by atomic mass is 9.98. The summed E-state index contributed by atoms with van der Waals surface area (Å²) < 4.78 is 6.29. The Morgan fingerprint density at radius 1 is 1.11 bits per heavy atom. The van der Waals surface area contributed by atoms with Gasteiger partial charge in [0.15, 0.2) is 0 Å². The zero-order valence-electron chi connectivity index (χ0n) is 11.5. The number of hydrogen-bond acceptors (Lipinski definition) is 2. The van der Waals surface area contributed by atoms with Crippen LogP contribution in [0.2, 0.25) is 0 Å². The SMILES string of the molecule is C[C@@H]1C=C(Sc2ccccc2)C[C@H]2CCCC[C@@H]1O2. The van der Waals surface area contributed by atoms with Crippen LogP contribution in [0.25, 0.3) is 0 Å². The third-order valence-corrected chi connectivity index (χ3v) is 5.16. The topological polar surface area (TPSA) is 9.23 Å². The predicted molar refractivity (Wildman–Crippen MR) is 81.3 cm³/mol. The van der Waals surface area contributed by atoms with Crippen molar-refractivity contribution in [2.45, 2.75) is 56.1 Å². The van der Waals surface area contributed by atoms with Gasteiger partial charge in [0.05, 0.1) is 12.2 Å². The summed E-state index contributed by atoms with van der Waals surface area (Å²) in [6.07, 6.45) is 9.57. The molecular weight excluding hydrogens is 252 g/mol. The first-order chi connectivity index (χ1) is 9.31. The van der Waals surface area contributed by atoms with Crippen molar-refractivity contribution >= 4 is 11.8 Å². The molecule has 1 fully saturated rings. The first-order valence-corrected chi connectivity index (χ1v) is 8.22. The number of benzene rings is 1. The molecule has 2 heteroatoms. The molecule has 2 aliphatic heterocycles. The van der Waals surface area contributed by atoms with E-state index < -0.39 is 0 Å². The summed E-state index contributed by atoms with van der Waals surface area (Å²) in [5, 5.41) is 0. The van der Waals surface area contributed by atoms with Gasteiger partial charge < -0.3 is 4.74 Å². The first-order valence-electron chi connectivity index (χ1n) is 7.40. The molecule has 0 aliphatic carbocycles. The molecule has 0 aromatic heterocycles. The van der Waals surface area contributed by atoms with E-state index in [9.17, 15) is 0 Å². The highest BCUT2D eigenvalue weighted by Crippen LogP contribution is 2.38. The molecular formula is C17H22OS. The van der Waals surface area contributed by atoms with Gasteiger partial charge in [0, 0.05) is 17.2 Å². The molecule has 1 nitrogen and oxygen atoms in total. The number of rotatable bonds is 2. The second-order valence-electron chi connectivity index (χ2n) is 5.69. The van der Waals surface area contributed by atoms with Gasteiger partial charge in [-0.2, -0.15) is 0 Å². The minimum Gasteiger partial charge on any atom is -0.374 e. The Bertz CT molecular complexity index is 440. The van der Waals surface area contributed by atoms with Gasteiger partial charge in [0.2, 0.25) is 0 Å². The van der Waals surface area contributed by atoms with Crippen LogP contribution in [0.4, 0.5) is 0 Å². The molecule has 19 heavy (non-hydrogen) atoms. The van der Waals surface area contributed by atoms with Crippen LogP contribution in [0, 0.1) is 5.92 Å². The molecule has 1 saturated heterocycles. The monoisotopic (exact) mass is 274 g/mol. The van der Waals surface area contributed by atoms with Gasteiger partial charge in [0.25, 0.3) is 0 Å². The van der Waals surface area contributed by atoms with Crippen LogP contribution >= 0.6 is 11.8 Å². The van der Waals surface area contributed by atoms with Crippen molar-refractivity contribution in [3.8, 4) is 0 Å². The maximum Gasteiger partial charge on any atom is 0.0639 e. The molecule has 0 spiro atoms. The lowest BCUT2D eigenvalue weighted by Gasteiger charge is -2.21. The fraction of sp³-hybridized carbons (Fsp3) is 0.529. The Morgan fingerprint density at radius 3 is 2.74 bits per heavy atom. The van der Waals surface area contributed by atoms with Crippen molar-refractivity contribution in [3.05, 3.63) is 41.3 Å². The van der Waals surface area contributed by atoms with E-state index in [1.54, 1.807) is 0 Å². The first kappa shape index (κ1) is 13.3. The Hall–Kier alpha value is -0.730. The number of fused-ring (bicyclic) bond motifs is 2. The lowest BCUT2D eigenvalue weighted by Crippen LogP contribution is -2.22. The van der Waals surface area contributed by atoms with Crippen molar-refractivity contribution < 1.29 is 4.74 Å². The van der Waals surface area contributed by atoms with E-state index >= 15 is 0 Å². The third-order valence-electron chi connectivity index (χ3n) is 4.09. The van der Waals surface area contributed by atoms with Gasteiger partial charge in [-0.15, -0.1) is 0 Å². The van der Waals surface area contributed by atoms with Crippen molar-refractivity contribution in [2.75, 3.05) is 0 Å². The van der Waals surface area contributed by atoms with E-state index in [2.05, 4.69) is 43.3 Å². The van der Waals surface area contributed by atoms with E-state index in [4.69, 9.17) is 4.74 Å². The van der Waals surface area contributed by atoms with Gasteiger partial charge in [-0.3, -0.25) is 0 Å². The quantitative estimate of drug-likeness (QED) is 0.748. The van der Waals surface area contributed by atoms with E-state index in [0.29, 0.717) is 18.1 Å². The number of ether oxygens (including phenoxy) is 1. The van der Waals surface area contributed by atoms with Crippen molar-refractivity contribution in [2.24, 2.45) is 5.92 Å². The van der Waals surface area contributed by atoms with Crippen LogP contribution in [0.3, 0.4) is 0 Å². The number of hydrogen-bond donors (Lipinski definition) is 0. The maximum atomic E-state index is 6.29. The zero-order chi connectivity index (χ0) is 13.1. The lowest BCUT2D eigenvalue weighted by molar-refractivity contribution is -0.0196. The summed E-state index contributed by atoms with van der Waals surface area (Å²) in [7, 11) is 0. The largest absolute Gasteiger partial charge is 0.374 e. The molecule has 2 aliphatic rings. The maximum absolute atomic E-state index is 6.29. The van der Waals surface area contributed by atoms with Crippen LogP contribution in [-0.4, -0.2) is 12.2 Å². The van der Waals surface area contributed by atoms with Crippen LogP contribution in [0.1, 0.15) is 39.0 Å². The molecule has 0 saturated carbocycles. The molecule has 2 bridgehead atoms. The second-order valence-corrected chi connectivity index (χ2v) is 6.89. The molecule has 0 radical (unpaired) electrons. The van der Waals surface area contributed by atoms with Crippen LogP contribution in [0.15, 0.2) is 46.2 Å². The molecule has 1 aromatic rings. The normalized spacial score (nSPS) is 31.2. The summed E-state index contributed by atoms with van der Waals surface area (Å²) in [5.41, 5.74) is 0. The van der Waals surface area contributed by atoms with E-state index in [1.807, 2.05) is 11.8 Å². The fourth-order valence-corrected chi connectivity index (χ4v) is 4.19. The number of thioether (sulfide) groups is 1. The fourth-order valence-electron chi connectivity index (χ4n) is 3.05. The van der Waals surface area contributed by atoms with Gasteiger partial charge in [-0.25, -0.2) is 0 Å². The van der Waals surface area contributed by atoms with Crippen molar-refractivity contribution in [1.29, 1.82) is 0 Å². The second kappa shape index (κ2) is 6.15. The zero-order valence-corrected chi connectivity index (χ0v) is 12.4. The minimum atomic E-state index is 0.444. The highest BCUT2D eigenvalue weighted by atomic mass is 32.2. The minimum absolute atomic E-state index is 0.444. The van der Waals surface area contributed by atoms with Gasteiger partial charge in [-0.05, 0) is 29.9 Å². The molecule has 0 amide bonds. The summed E-state index contributed by atoms with van der Waals surface area (Å²) in [4.78, 5) is 2.84. The van der Waals surface area contributed by atoms with E-state index in [-0.39, 0.29) is 0 Å². The third kappa shape index (κ3) is 3.43. The highest BCUT2D eigenvalue weighted by molar-refractivity contribution is 8.03. The Kier molecular flexibility index (Phi) is 4.29. The van der Waals surface area contributed by atoms with Crippen LogP contribution < -0.4 is 0 Å². The van der Waals surface area contributed by atoms with Crippen LogP contribution in [0.5, 0.6) is 0 Å². The standard InChI is InChI=1S/C17H22OS/c1-13-11-16(19-15-8-3-2-4-9-15)12-14-7-5-6-10-17(13)18-14/h2-4,8-9,11,13-14,17H,5-7,10,12H2,1H3/t13-,14-,17+/m1/s1. The molecule has 2 heterocycles. The average Bonchev–Trinajstić information content (AvgIpc) is 2.72. The Labute approximate surface area is 120 Å². The molecule has 102 valence electrons. The predicted octanol–water partition coefficient (Wildman–Crippen LogP) is 5.03. The summed E-state index contributed by atoms with van der Waals surface area (Å²) >= 11 is 1.92. The molecule has 0 N–H and O–H groups in total. The van der Waals surface area contributed by atoms with Gasteiger partial charge >= 0.3 is 0 Å². The summed E-state index contributed by atoms with van der Waals surface area (Å²) in [5.74, 6) is 0.550. The van der Waals surface area contributed by atoms with Crippen molar-refractivity contribution in [1.82, 2.24) is 0 Å². The highest BCUT2D eigenvalue weighted by Gasteiger charge is 2.28. The molecule has 3 atom stereocenters. The van der Waals surface area contributed by atoms with Gasteiger partial charge in [0.1, 0.15) is 0 Å². The molecule has 1 aromatic carbocycles. The molecule has 3 rings (SSSR count). The van der Waals surface area contributed by atoms with Gasteiger partial charge in [-0.1, -0.05) is 55.8 Å². The smallest absolute Gasteiger partial charge is 0.0639 e. The summed E-state index contributed by atoms with van der Waals surface area (Å²) in [6, 6.07) is 10.7. The van der Waals surface area contributed by atoms with Crippen molar-refractivity contribution in [3.63, 3.8) is 0 Å². The average molecular weight is 274 g/mol. The van der Waals surface area contributed by atoms with E-state index in [1.165, 1.54) is 35.5 Å². The van der Waals surface area contributed by atoms with Crippen LogP contribution in [-0.2, 0) is 4.74 Å². The van der Waals surface area contributed by atoms with E-state index in [0.717, 1.165) is 6.42 Å². The Morgan fingerprint density at radius 2 is 1.89 bits per heavy atom. The summed E-state index contributed by atoms with van der Waals surface area (Å²) in [6.45, 7) is 2.31. The Balaban J connectivity index is 1.77. The molecule has 0 unspecified atom stereocenters.